The van der Waals surface area contributed by atoms with E-state index >= 15 is 0 Å². The predicted octanol–water partition coefficient (Wildman–Crippen LogP) is 3.93. The summed E-state index contributed by atoms with van der Waals surface area (Å²) in [6, 6.07) is 18.6. The van der Waals surface area contributed by atoms with Crippen molar-refractivity contribution in [1.29, 1.82) is 0 Å². The number of hydrogen-bond acceptors (Lipinski definition) is 2. The molecule has 2 aromatic rings. The molecule has 4 nitrogen and oxygen atoms in total. The van der Waals surface area contributed by atoms with Crippen LogP contribution in [0.25, 0.3) is 0 Å². The summed E-state index contributed by atoms with van der Waals surface area (Å²) in [5, 5.41) is 6.81. The summed E-state index contributed by atoms with van der Waals surface area (Å²) in [5.74, 6) is 2.34. The summed E-state index contributed by atoms with van der Waals surface area (Å²) in [6.07, 6.45) is 1.03. The van der Waals surface area contributed by atoms with Gasteiger partial charge in [-0.05, 0) is 30.5 Å². The van der Waals surface area contributed by atoms with E-state index in [4.69, 9.17) is 4.74 Å². The SMILES string of the molecule is CCNC(=NCc1ccccc1)NCC1CCOc2ccccc21.I. The number of benzene rings is 2. The van der Waals surface area contributed by atoms with Crippen LogP contribution in [0.3, 0.4) is 0 Å². The minimum Gasteiger partial charge on any atom is -0.493 e. The summed E-state index contributed by atoms with van der Waals surface area (Å²) in [6.45, 7) is 5.26. The Morgan fingerprint density at radius 1 is 1.08 bits per heavy atom. The van der Waals surface area contributed by atoms with Crippen molar-refractivity contribution in [2.45, 2.75) is 25.8 Å². The normalized spacial score (nSPS) is 16.2. The third kappa shape index (κ3) is 5.63. The zero-order valence-corrected chi connectivity index (χ0v) is 16.9. The van der Waals surface area contributed by atoms with Crippen LogP contribution in [-0.2, 0) is 6.54 Å². The van der Waals surface area contributed by atoms with E-state index in [1.54, 1.807) is 0 Å². The Labute approximate surface area is 167 Å². The van der Waals surface area contributed by atoms with Crippen molar-refractivity contribution >= 4 is 29.9 Å². The Balaban J connectivity index is 0.00000225. The van der Waals surface area contributed by atoms with Crippen LogP contribution in [0.5, 0.6) is 5.75 Å². The maximum atomic E-state index is 5.74. The average molecular weight is 451 g/mol. The number of para-hydroxylation sites is 1. The lowest BCUT2D eigenvalue weighted by molar-refractivity contribution is 0.267. The highest BCUT2D eigenvalue weighted by molar-refractivity contribution is 14.0. The number of aliphatic imine (C=N–C) groups is 1. The van der Waals surface area contributed by atoms with Crippen LogP contribution in [-0.4, -0.2) is 25.7 Å². The van der Waals surface area contributed by atoms with Gasteiger partial charge in [0.25, 0.3) is 0 Å². The fourth-order valence-electron chi connectivity index (χ4n) is 2.94. The number of guanidine groups is 1. The summed E-state index contributed by atoms with van der Waals surface area (Å²) in [7, 11) is 0. The molecule has 0 saturated carbocycles. The van der Waals surface area contributed by atoms with Crippen molar-refractivity contribution in [1.82, 2.24) is 10.6 Å². The molecule has 1 heterocycles. The summed E-state index contributed by atoms with van der Waals surface area (Å²) >= 11 is 0. The van der Waals surface area contributed by atoms with Gasteiger partial charge in [-0.25, -0.2) is 4.99 Å². The van der Waals surface area contributed by atoms with Crippen molar-refractivity contribution in [3.8, 4) is 5.75 Å². The minimum atomic E-state index is 0. The van der Waals surface area contributed by atoms with Gasteiger partial charge in [0.05, 0.1) is 13.2 Å². The van der Waals surface area contributed by atoms with Gasteiger partial charge in [0.1, 0.15) is 5.75 Å². The van der Waals surface area contributed by atoms with E-state index in [1.165, 1.54) is 11.1 Å². The minimum absolute atomic E-state index is 0. The molecule has 0 aromatic heterocycles. The molecule has 1 aliphatic heterocycles. The first-order valence-electron chi connectivity index (χ1n) is 8.64. The van der Waals surface area contributed by atoms with E-state index in [-0.39, 0.29) is 24.0 Å². The second-order valence-electron chi connectivity index (χ2n) is 5.93. The molecular formula is C20H26IN3O. The molecule has 0 bridgehead atoms. The van der Waals surface area contributed by atoms with Gasteiger partial charge in [-0.1, -0.05) is 48.5 Å². The zero-order chi connectivity index (χ0) is 16.6. The summed E-state index contributed by atoms with van der Waals surface area (Å²) < 4.78 is 5.74. The van der Waals surface area contributed by atoms with E-state index in [1.807, 2.05) is 24.3 Å². The van der Waals surface area contributed by atoms with Crippen LogP contribution in [0.2, 0.25) is 0 Å². The van der Waals surface area contributed by atoms with E-state index in [2.05, 4.69) is 52.9 Å². The first-order valence-corrected chi connectivity index (χ1v) is 8.64. The molecule has 0 amide bonds. The van der Waals surface area contributed by atoms with Crippen molar-refractivity contribution in [3.63, 3.8) is 0 Å². The standard InChI is InChI=1S/C20H25N3O.HI/c1-2-21-20(22-14-16-8-4-3-5-9-16)23-15-17-12-13-24-19-11-7-6-10-18(17)19;/h3-11,17H,2,12-15H2,1H3,(H2,21,22,23);1H. The molecule has 2 N–H and O–H groups in total. The van der Waals surface area contributed by atoms with Gasteiger partial charge < -0.3 is 15.4 Å². The van der Waals surface area contributed by atoms with Gasteiger partial charge in [-0.3, -0.25) is 0 Å². The molecule has 5 heteroatoms. The Morgan fingerprint density at radius 3 is 2.64 bits per heavy atom. The van der Waals surface area contributed by atoms with Crippen LogP contribution < -0.4 is 15.4 Å². The molecule has 1 unspecified atom stereocenters. The van der Waals surface area contributed by atoms with Crippen molar-refractivity contribution < 1.29 is 4.74 Å². The number of halogens is 1. The van der Waals surface area contributed by atoms with Gasteiger partial charge in [-0.15, -0.1) is 24.0 Å². The van der Waals surface area contributed by atoms with Crippen molar-refractivity contribution in [2.75, 3.05) is 19.7 Å². The largest absolute Gasteiger partial charge is 0.493 e. The molecule has 25 heavy (non-hydrogen) atoms. The van der Waals surface area contributed by atoms with Crippen molar-refractivity contribution in [2.24, 2.45) is 4.99 Å². The molecular weight excluding hydrogens is 425 g/mol. The molecule has 0 spiro atoms. The molecule has 134 valence electrons. The van der Waals surface area contributed by atoms with Gasteiger partial charge in [0.15, 0.2) is 5.96 Å². The van der Waals surface area contributed by atoms with E-state index < -0.39 is 0 Å². The number of rotatable bonds is 5. The Bertz CT molecular complexity index is 676. The van der Waals surface area contributed by atoms with Crippen LogP contribution in [0.15, 0.2) is 59.6 Å². The van der Waals surface area contributed by atoms with E-state index in [0.717, 1.165) is 37.8 Å². The van der Waals surface area contributed by atoms with Crippen LogP contribution in [0.1, 0.15) is 30.4 Å². The number of nitrogens with one attached hydrogen (secondary N) is 2. The molecule has 0 radical (unpaired) electrons. The number of fused-ring (bicyclic) bond motifs is 1. The summed E-state index contributed by atoms with van der Waals surface area (Å²) in [5.41, 5.74) is 2.50. The second kappa shape index (κ2) is 10.3. The lowest BCUT2D eigenvalue weighted by Gasteiger charge is -2.26. The summed E-state index contributed by atoms with van der Waals surface area (Å²) in [4.78, 5) is 4.69. The maximum Gasteiger partial charge on any atom is 0.191 e. The molecule has 0 saturated heterocycles. The Hall–Kier alpha value is -1.76. The number of hydrogen-bond donors (Lipinski definition) is 2. The van der Waals surface area contributed by atoms with Gasteiger partial charge >= 0.3 is 0 Å². The van der Waals surface area contributed by atoms with Gasteiger partial charge in [0.2, 0.25) is 0 Å². The van der Waals surface area contributed by atoms with Crippen molar-refractivity contribution in [3.05, 3.63) is 65.7 Å². The van der Waals surface area contributed by atoms with Crippen LogP contribution in [0, 0.1) is 0 Å². The van der Waals surface area contributed by atoms with Gasteiger partial charge in [0, 0.05) is 19.0 Å². The molecule has 0 fully saturated rings. The maximum absolute atomic E-state index is 5.74. The first-order chi connectivity index (χ1) is 11.9. The Kier molecular flexibility index (Phi) is 8.04. The fraction of sp³-hybridized carbons (Fsp3) is 0.350. The molecule has 3 rings (SSSR count). The highest BCUT2D eigenvalue weighted by Gasteiger charge is 2.20. The fourth-order valence-corrected chi connectivity index (χ4v) is 2.94. The molecule has 2 aromatic carbocycles. The van der Waals surface area contributed by atoms with Crippen LogP contribution >= 0.6 is 24.0 Å². The molecule has 0 aliphatic carbocycles. The molecule has 1 aliphatic rings. The van der Waals surface area contributed by atoms with Gasteiger partial charge in [-0.2, -0.15) is 0 Å². The second-order valence-corrected chi connectivity index (χ2v) is 5.93. The molecule has 1 atom stereocenters. The highest BCUT2D eigenvalue weighted by Crippen LogP contribution is 2.32. The topological polar surface area (TPSA) is 45.7 Å². The third-order valence-corrected chi connectivity index (χ3v) is 4.21. The smallest absolute Gasteiger partial charge is 0.191 e. The lowest BCUT2D eigenvalue weighted by Crippen LogP contribution is -2.40. The zero-order valence-electron chi connectivity index (χ0n) is 14.6. The number of ether oxygens (including phenoxy) is 1. The number of nitrogens with zero attached hydrogens (tertiary/aromatic N) is 1. The van der Waals surface area contributed by atoms with Crippen LogP contribution in [0.4, 0.5) is 0 Å². The predicted molar refractivity (Wildman–Crippen MR) is 114 cm³/mol. The first kappa shape index (κ1) is 19.6. The quantitative estimate of drug-likeness (QED) is 0.412. The third-order valence-electron chi connectivity index (χ3n) is 4.21. The Morgan fingerprint density at radius 2 is 1.84 bits per heavy atom. The highest BCUT2D eigenvalue weighted by atomic mass is 127. The van der Waals surface area contributed by atoms with E-state index in [9.17, 15) is 0 Å². The lowest BCUT2D eigenvalue weighted by atomic mass is 9.93. The van der Waals surface area contributed by atoms with E-state index in [0.29, 0.717) is 12.5 Å². The average Bonchev–Trinajstić information content (AvgIpc) is 2.65. The monoisotopic (exact) mass is 451 g/mol.